The predicted molar refractivity (Wildman–Crippen MR) is 247 cm³/mol. The van der Waals surface area contributed by atoms with Crippen LogP contribution in [0, 0.1) is 0 Å². The Morgan fingerprint density at radius 2 is 0.966 bits per heavy atom. The first-order chi connectivity index (χ1) is 28.4. The summed E-state index contributed by atoms with van der Waals surface area (Å²) in [5, 5.41) is 0. The minimum absolute atomic E-state index is 0.0972. The molecule has 342 valence electrons. The third kappa shape index (κ3) is 45.8. The van der Waals surface area contributed by atoms with E-state index >= 15 is 0 Å². The number of nitrogens with two attached hydrogens (primary N) is 1. The average Bonchev–Trinajstić information content (AvgIpc) is 3.21. The van der Waals surface area contributed by atoms with Gasteiger partial charge in [-0.05, 0) is 44.9 Å². The molecule has 8 nitrogen and oxygen atoms in total. The Labute approximate surface area is 358 Å². The van der Waals surface area contributed by atoms with Crippen molar-refractivity contribution < 1.29 is 32.8 Å². The molecule has 0 aromatic carbocycles. The molecule has 2 atom stereocenters. The Hall–Kier alpha value is -1.28. The standard InChI is InChI=1S/C49H94NO7P/c1-3-5-7-9-11-13-15-17-19-21-22-23-24-25-26-27-28-30-32-34-36-38-40-42-49(51)57-48(47-56-58(52,53)55-45-43-50)46-54-44-41-39-37-35-33-31-29-20-18-16-14-12-10-8-6-4-2/h6,8,12,14,18,20,48H,3-5,7,9-11,13,15-17,19,21-47,50H2,1-2H3,(H,52,53)/b8-6-,14-12-,20-18-. The fourth-order valence-corrected chi connectivity index (χ4v) is 7.78. The van der Waals surface area contributed by atoms with Gasteiger partial charge in [-0.25, -0.2) is 4.57 Å². The maximum absolute atomic E-state index is 12.6. The van der Waals surface area contributed by atoms with Crippen molar-refractivity contribution in [1.29, 1.82) is 0 Å². The van der Waals surface area contributed by atoms with Gasteiger partial charge in [0.05, 0.1) is 19.8 Å². The predicted octanol–water partition coefficient (Wildman–Crippen LogP) is 15.0. The van der Waals surface area contributed by atoms with Gasteiger partial charge in [-0.1, -0.05) is 217 Å². The molecule has 0 aromatic heterocycles. The van der Waals surface area contributed by atoms with Crippen LogP contribution in [0.3, 0.4) is 0 Å². The lowest BCUT2D eigenvalue weighted by molar-refractivity contribution is -0.154. The van der Waals surface area contributed by atoms with E-state index in [0.29, 0.717) is 13.0 Å². The van der Waals surface area contributed by atoms with Crippen LogP contribution in [0.2, 0.25) is 0 Å². The van der Waals surface area contributed by atoms with Crippen LogP contribution in [0.1, 0.15) is 232 Å². The van der Waals surface area contributed by atoms with Gasteiger partial charge in [-0.15, -0.1) is 0 Å². The number of esters is 1. The van der Waals surface area contributed by atoms with Crippen LogP contribution in [-0.4, -0.2) is 49.9 Å². The van der Waals surface area contributed by atoms with Crippen molar-refractivity contribution in [2.75, 3.05) is 33.0 Å². The molecule has 0 spiro atoms. The van der Waals surface area contributed by atoms with Gasteiger partial charge in [-0.3, -0.25) is 13.8 Å². The smallest absolute Gasteiger partial charge is 0.457 e. The molecule has 0 amide bonds. The van der Waals surface area contributed by atoms with E-state index in [-0.39, 0.29) is 32.3 Å². The van der Waals surface area contributed by atoms with Crippen LogP contribution < -0.4 is 5.73 Å². The Morgan fingerprint density at radius 1 is 0.534 bits per heavy atom. The number of unbranched alkanes of at least 4 members (excludes halogenated alkanes) is 28. The number of carbonyl (C=O) groups is 1. The maximum Gasteiger partial charge on any atom is 0.472 e. The summed E-state index contributed by atoms with van der Waals surface area (Å²) in [6, 6.07) is 0. The summed E-state index contributed by atoms with van der Waals surface area (Å²) in [4.78, 5) is 22.6. The molecule has 9 heteroatoms. The first kappa shape index (κ1) is 56.7. The highest BCUT2D eigenvalue weighted by atomic mass is 31.2. The lowest BCUT2D eigenvalue weighted by Gasteiger charge is -2.20. The highest BCUT2D eigenvalue weighted by molar-refractivity contribution is 7.47. The topological polar surface area (TPSA) is 117 Å². The molecule has 0 saturated heterocycles. The first-order valence-electron chi connectivity index (χ1n) is 24.5. The van der Waals surface area contributed by atoms with Gasteiger partial charge in [0.15, 0.2) is 0 Å². The number of rotatable bonds is 47. The largest absolute Gasteiger partial charge is 0.472 e. The van der Waals surface area contributed by atoms with Crippen LogP contribution in [-0.2, 0) is 27.9 Å². The zero-order chi connectivity index (χ0) is 42.3. The molecule has 2 unspecified atom stereocenters. The zero-order valence-electron chi connectivity index (χ0n) is 38.0. The molecule has 0 rings (SSSR count). The van der Waals surface area contributed by atoms with Gasteiger partial charge < -0.3 is 20.1 Å². The molecule has 3 N–H and O–H groups in total. The van der Waals surface area contributed by atoms with Crippen molar-refractivity contribution in [3.8, 4) is 0 Å². The number of hydrogen-bond acceptors (Lipinski definition) is 7. The molecule has 0 radical (unpaired) electrons. The highest BCUT2D eigenvalue weighted by Gasteiger charge is 2.25. The fourth-order valence-electron chi connectivity index (χ4n) is 7.01. The molecule has 0 aliphatic carbocycles. The minimum atomic E-state index is -4.28. The summed E-state index contributed by atoms with van der Waals surface area (Å²) in [5.74, 6) is -0.331. The number of phosphoric ester groups is 1. The number of phosphoric acid groups is 1. The summed E-state index contributed by atoms with van der Waals surface area (Å²) in [6.45, 7) is 4.82. The van der Waals surface area contributed by atoms with Crippen molar-refractivity contribution in [3.05, 3.63) is 36.5 Å². The van der Waals surface area contributed by atoms with E-state index in [1.54, 1.807) is 0 Å². The molecule has 0 aliphatic rings. The Morgan fingerprint density at radius 3 is 1.45 bits per heavy atom. The second kappa shape index (κ2) is 46.8. The van der Waals surface area contributed by atoms with Gasteiger partial charge in [0, 0.05) is 19.6 Å². The molecule has 0 aromatic rings. The molecule has 0 bridgehead atoms. The lowest BCUT2D eigenvalue weighted by atomic mass is 10.0. The third-order valence-electron chi connectivity index (χ3n) is 10.6. The fraction of sp³-hybridized carbons (Fsp3) is 0.857. The number of ether oxygens (including phenoxy) is 2. The molecule has 0 saturated carbocycles. The van der Waals surface area contributed by atoms with E-state index in [4.69, 9.17) is 24.3 Å². The highest BCUT2D eigenvalue weighted by Crippen LogP contribution is 2.43. The Balaban J connectivity index is 3.92. The minimum Gasteiger partial charge on any atom is -0.457 e. The van der Waals surface area contributed by atoms with Crippen LogP contribution >= 0.6 is 7.82 Å². The van der Waals surface area contributed by atoms with E-state index in [2.05, 4.69) is 50.3 Å². The van der Waals surface area contributed by atoms with Crippen molar-refractivity contribution >= 4 is 13.8 Å². The summed E-state index contributed by atoms with van der Waals surface area (Å²) in [7, 11) is -4.28. The van der Waals surface area contributed by atoms with E-state index in [1.807, 2.05) is 0 Å². The molecule has 0 heterocycles. The number of hydrogen-bond donors (Lipinski definition) is 2. The molecule has 58 heavy (non-hydrogen) atoms. The number of allylic oxidation sites excluding steroid dienone is 6. The zero-order valence-corrected chi connectivity index (χ0v) is 38.9. The molecule has 0 fully saturated rings. The summed E-state index contributed by atoms with van der Waals surface area (Å²) in [6.07, 6.45) is 54.6. The van der Waals surface area contributed by atoms with E-state index < -0.39 is 13.9 Å². The van der Waals surface area contributed by atoms with Crippen LogP contribution in [0.25, 0.3) is 0 Å². The monoisotopic (exact) mass is 840 g/mol. The first-order valence-corrected chi connectivity index (χ1v) is 26.0. The second-order valence-electron chi connectivity index (χ2n) is 16.3. The Kier molecular flexibility index (Phi) is 45.7. The Bertz CT molecular complexity index is 988. The quantitative estimate of drug-likeness (QED) is 0.0269. The lowest BCUT2D eigenvalue weighted by Crippen LogP contribution is -2.28. The van der Waals surface area contributed by atoms with Crippen molar-refractivity contribution in [1.82, 2.24) is 0 Å². The van der Waals surface area contributed by atoms with Crippen molar-refractivity contribution in [2.24, 2.45) is 5.73 Å². The summed E-state index contributed by atoms with van der Waals surface area (Å²) < 4.78 is 33.5. The van der Waals surface area contributed by atoms with E-state index in [9.17, 15) is 14.3 Å². The van der Waals surface area contributed by atoms with Crippen LogP contribution in [0.5, 0.6) is 0 Å². The van der Waals surface area contributed by atoms with Crippen molar-refractivity contribution in [3.63, 3.8) is 0 Å². The summed E-state index contributed by atoms with van der Waals surface area (Å²) in [5.41, 5.74) is 5.38. The van der Waals surface area contributed by atoms with Gasteiger partial charge in [0.2, 0.25) is 0 Å². The molecular formula is C49H94NO7P. The molecule has 0 aliphatic heterocycles. The third-order valence-corrected chi connectivity index (χ3v) is 11.6. The van der Waals surface area contributed by atoms with Crippen molar-refractivity contribution in [2.45, 2.75) is 238 Å². The van der Waals surface area contributed by atoms with Gasteiger partial charge in [-0.2, -0.15) is 0 Å². The van der Waals surface area contributed by atoms with Gasteiger partial charge >= 0.3 is 13.8 Å². The van der Waals surface area contributed by atoms with E-state index in [0.717, 1.165) is 64.2 Å². The van der Waals surface area contributed by atoms with Crippen LogP contribution in [0.15, 0.2) is 36.5 Å². The SMILES string of the molecule is CC/C=C\C/C=C\C/C=C\CCCCCCCCOCC(COP(=O)(O)OCCN)OC(=O)CCCCCCCCCCCCCCCCCCCCCCCCC. The van der Waals surface area contributed by atoms with Crippen LogP contribution in [0.4, 0.5) is 0 Å². The summed E-state index contributed by atoms with van der Waals surface area (Å²) >= 11 is 0. The van der Waals surface area contributed by atoms with Gasteiger partial charge in [0.25, 0.3) is 0 Å². The maximum atomic E-state index is 12.6. The normalized spacial score (nSPS) is 13.7. The second-order valence-corrected chi connectivity index (χ2v) is 17.8. The average molecular weight is 840 g/mol. The number of carbonyl (C=O) groups excluding carboxylic acids is 1. The van der Waals surface area contributed by atoms with Gasteiger partial charge in [0.1, 0.15) is 6.10 Å². The van der Waals surface area contributed by atoms with E-state index in [1.165, 1.54) is 148 Å². The molecular weight excluding hydrogens is 746 g/mol.